The van der Waals surface area contributed by atoms with Gasteiger partial charge in [-0.2, -0.15) is 0 Å². The van der Waals surface area contributed by atoms with E-state index >= 15 is 0 Å². The third-order valence-electron chi connectivity index (χ3n) is 4.91. The average molecular weight is 451 g/mol. The minimum atomic E-state index is 0.471. The molecule has 1 aromatic heterocycles. The number of rotatable bonds is 10. The van der Waals surface area contributed by atoms with E-state index in [0.29, 0.717) is 6.54 Å². The predicted octanol–water partition coefficient (Wildman–Crippen LogP) is 6.15. The number of hydrogen-bond donors (Lipinski definition) is 1. The van der Waals surface area contributed by atoms with Gasteiger partial charge in [-0.25, -0.2) is 4.98 Å². The number of thiazole rings is 1. The Hall–Kier alpha value is -2.99. The summed E-state index contributed by atoms with van der Waals surface area (Å²) in [4.78, 5) is 14.9. The second kappa shape index (κ2) is 12.8. The smallest absolute Gasteiger partial charge is 0.133 e. The van der Waals surface area contributed by atoms with Crippen molar-refractivity contribution in [2.24, 2.45) is 9.98 Å². The Morgan fingerprint density at radius 1 is 1.28 bits per heavy atom. The number of aromatic nitrogens is 1. The van der Waals surface area contributed by atoms with E-state index in [4.69, 9.17) is 9.73 Å². The van der Waals surface area contributed by atoms with Crippen molar-refractivity contribution in [3.8, 4) is 16.3 Å². The Bertz CT molecular complexity index is 1040. The van der Waals surface area contributed by atoms with E-state index in [9.17, 15) is 0 Å². The van der Waals surface area contributed by atoms with Crippen LogP contribution in [0.3, 0.4) is 0 Å². The highest BCUT2D eigenvalue weighted by molar-refractivity contribution is 7.15. The van der Waals surface area contributed by atoms with E-state index in [0.717, 1.165) is 57.4 Å². The molecule has 0 aliphatic rings. The van der Waals surface area contributed by atoms with Crippen LogP contribution in [0.25, 0.3) is 10.6 Å². The lowest BCUT2D eigenvalue weighted by Crippen LogP contribution is -2.21. The molecule has 0 atom stereocenters. The van der Waals surface area contributed by atoms with E-state index in [-0.39, 0.29) is 0 Å². The molecule has 0 amide bonds. The summed E-state index contributed by atoms with van der Waals surface area (Å²) in [5.74, 6) is 1.59. The van der Waals surface area contributed by atoms with Crippen LogP contribution >= 0.6 is 11.3 Å². The van der Waals surface area contributed by atoms with Crippen molar-refractivity contribution in [1.29, 1.82) is 0 Å². The number of hydrogen-bond acceptors (Lipinski definition) is 5. The molecule has 0 saturated heterocycles. The molecule has 6 heteroatoms. The molecular weight excluding hydrogens is 416 g/mol. The van der Waals surface area contributed by atoms with E-state index in [1.165, 1.54) is 4.88 Å². The van der Waals surface area contributed by atoms with Crippen molar-refractivity contribution in [3.63, 3.8) is 0 Å². The molecule has 1 N–H and O–H groups in total. The molecule has 32 heavy (non-hydrogen) atoms. The number of methoxy groups -OCH3 is 1. The molecule has 170 valence electrons. The summed E-state index contributed by atoms with van der Waals surface area (Å²) in [5.41, 5.74) is 4.88. The van der Waals surface area contributed by atoms with Gasteiger partial charge in [0.1, 0.15) is 16.6 Å². The maximum atomic E-state index is 5.69. The Morgan fingerprint density at radius 2 is 2.06 bits per heavy atom. The number of allylic oxidation sites excluding steroid dienone is 2. The van der Waals surface area contributed by atoms with Crippen molar-refractivity contribution in [1.82, 2.24) is 10.3 Å². The normalized spacial score (nSPS) is 12.7. The lowest BCUT2D eigenvalue weighted by Gasteiger charge is -2.15. The van der Waals surface area contributed by atoms with Gasteiger partial charge in [-0.3, -0.25) is 9.98 Å². The zero-order valence-electron chi connectivity index (χ0n) is 20.0. The minimum absolute atomic E-state index is 0.471. The van der Waals surface area contributed by atoms with Gasteiger partial charge < -0.3 is 10.1 Å². The van der Waals surface area contributed by atoms with Crippen LogP contribution in [0, 0.1) is 6.92 Å². The molecule has 0 unspecified atom stereocenters. The first-order valence-corrected chi connectivity index (χ1v) is 11.6. The molecular formula is C26H34N4OS. The monoisotopic (exact) mass is 450 g/mol. The molecule has 0 spiro atoms. The number of amidine groups is 1. The molecule has 2 aromatic rings. The number of nitrogens with zero attached hydrogens (tertiary/aromatic N) is 3. The quantitative estimate of drug-likeness (QED) is 0.268. The fourth-order valence-corrected chi connectivity index (χ4v) is 3.72. The molecule has 0 saturated carbocycles. The highest BCUT2D eigenvalue weighted by Gasteiger charge is 2.15. The molecule has 1 heterocycles. The maximum absolute atomic E-state index is 5.69. The van der Waals surface area contributed by atoms with Crippen LogP contribution in [0.2, 0.25) is 0 Å². The van der Waals surface area contributed by atoms with Crippen LogP contribution in [0.1, 0.15) is 43.2 Å². The Balaban J connectivity index is 2.48. The third-order valence-corrected chi connectivity index (χ3v) is 6.10. The SMILES string of the molecule is C=C(/C=C\C(C)=NC)CN=C(N/C=C/CC)c1cc(-c2ncc(CC)s2)cc(OC)c1C. The summed E-state index contributed by atoms with van der Waals surface area (Å²) < 4.78 is 5.69. The van der Waals surface area contributed by atoms with Gasteiger partial charge >= 0.3 is 0 Å². The fourth-order valence-electron chi connectivity index (χ4n) is 2.88. The van der Waals surface area contributed by atoms with Gasteiger partial charge in [-0.05, 0) is 56.7 Å². The van der Waals surface area contributed by atoms with Crippen LogP contribution < -0.4 is 10.1 Å². The first-order chi connectivity index (χ1) is 15.4. The van der Waals surface area contributed by atoms with Crippen LogP contribution in [0.4, 0.5) is 0 Å². The number of aryl methyl sites for hydroxylation is 1. The van der Waals surface area contributed by atoms with Crippen molar-refractivity contribution in [2.45, 2.75) is 40.5 Å². The molecule has 0 aliphatic heterocycles. The van der Waals surface area contributed by atoms with Gasteiger partial charge in [0, 0.05) is 40.5 Å². The fraction of sp³-hybridized carbons (Fsp3) is 0.346. The zero-order valence-corrected chi connectivity index (χ0v) is 20.8. The van der Waals surface area contributed by atoms with Gasteiger partial charge in [-0.15, -0.1) is 11.3 Å². The van der Waals surface area contributed by atoms with E-state index in [1.54, 1.807) is 25.5 Å². The first-order valence-electron chi connectivity index (χ1n) is 10.8. The molecule has 0 radical (unpaired) electrons. The van der Waals surface area contributed by atoms with Gasteiger partial charge in [-0.1, -0.05) is 32.6 Å². The second-order valence-corrected chi connectivity index (χ2v) is 8.43. The zero-order chi connectivity index (χ0) is 23.5. The number of benzene rings is 1. The van der Waals surface area contributed by atoms with E-state index in [2.05, 4.69) is 47.9 Å². The van der Waals surface area contributed by atoms with Crippen molar-refractivity contribution in [3.05, 3.63) is 70.9 Å². The van der Waals surface area contributed by atoms with Crippen LogP contribution in [0.15, 0.2) is 64.9 Å². The summed E-state index contributed by atoms with van der Waals surface area (Å²) >= 11 is 1.71. The standard InChI is InChI=1S/C26H34N4OS/c1-8-10-13-28-25(29-16-18(3)11-12-19(4)27-6)23-14-21(15-24(31-7)20(23)5)26-30-17-22(9-2)32-26/h10-15,17H,3,8-9,16H2,1-2,4-7H3,(H,28,29)/b12-11-,13-10+,27-19?. The van der Waals surface area contributed by atoms with Gasteiger partial charge in [0.25, 0.3) is 0 Å². The Labute approximate surface area is 196 Å². The minimum Gasteiger partial charge on any atom is -0.496 e. The molecule has 0 fully saturated rings. The second-order valence-electron chi connectivity index (χ2n) is 7.31. The predicted molar refractivity (Wildman–Crippen MR) is 140 cm³/mol. The summed E-state index contributed by atoms with van der Waals surface area (Å²) in [6.07, 6.45) is 11.8. The van der Waals surface area contributed by atoms with Crippen LogP contribution in [0.5, 0.6) is 5.75 Å². The lowest BCUT2D eigenvalue weighted by atomic mass is 10.0. The lowest BCUT2D eigenvalue weighted by molar-refractivity contribution is 0.412. The van der Waals surface area contributed by atoms with Gasteiger partial charge in [0.05, 0.1) is 13.7 Å². The van der Waals surface area contributed by atoms with Crippen molar-refractivity contribution < 1.29 is 4.74 Å². The van der Waals surface area contributed by atoms with Crippen molar-refractivity contribution >= 4 is 22.9 Å². The summed E-state index contributed by atoms with van der Waals surface area (Å²) in [5, 5.41) is 4.34. The van der Waals surface area contributed by atoms with Crippen LogP contribution in [-0.2, 0) is 6.42 Å². The molecule has 0 aliphatic carbocycles. The molecule has 5 nitrogen and oxygen atoms in total. The highest BCUT2D eigenvalue weighted by atomic mass is 32.1. The van der Waals surface area contributed by atoms with E-state index in [1.807, 2.05) is 44.5 Å². The molecule has 0 bridgehead atoms. The summed E-state index contributed by atoms with van der Waals surface area (Å²) in [7, 11) is 3.47. The third kappa shape index (κ3) is 7.02. The average Bonchev–Trinajstić information content (AvgIpc) is 3.29. The summed E-state index contributed by atoms with van der Waals surface area (Å²) in [6, 6.07) is 4.18. The number of ether oxygens (including phenoxy) is 1. The number of nitrogens with one attached hydrogen (secondary N) is 1. The molecule has 2 rings (SSSR count). The van der Waals surface area contributed by atoms with Gasteiger partial charge in [0.15, 0.2) is 0 Å². The first kappa shape index (κ1) is 25.3. The topological polar surface area (TPSA) is 58.9 Å². The molecule has 1 aromatic carbocycles. The highest BCUT2D eigenvalue weighted by Crippen LogP contribution is 2.32. The van der Waals surface area contributed by atoms with Crippen LogP contribution in [-0.4, -0.2) is 37.2 Å². The Kier molecular flexibility index (Phi) is 10.1. The van der Waals surface area contributed by atoms with Gasteiger partial charge in [0.2, 0.25) is 0 Å². The largest absolute Gasteiger partial charge is 0.496 e. The maximum Gasteiger partial charge on any atom is 0.133 e. The van der Waals surface area contributed by atoms with E-state index < -0.39 is 0 Å². The summed E-state index contributed by atoms with van der Waals surface area (Å²) in [6.45, 7) is 12.8. The number of aliphatic imine (C=N–C) groups is 2. The Morgan fingerprint density at radius 3 is 2.69 bits per heavy atom. The van der Waals surface area contributed by atoms with Crippen molar-refractivity contribution in [2.75, 3.05) is 20.7 Å².